The number of phenols is 1. The van der Waals surface area contributed by atoms with E-state index in [-0.39, 0.29) is 16.9 Å². The molecule has 140 valence electrons. The van der Waals surface area contributed by atoms with Gasteiger partial charge in [-0.25, -0.2) is 0 Å². The van der Waals surface area contributed by atoms with E-state index in [2.05, 4.69) is 70.3 Å². The fourth-order valence-corrected chi connectivity index (χ4v) is 3.22. The largest absolute Gasteiger partial charge is 0.505 e. The topological polar surface area (TPSA) is 47.9 Å². The Kier molecular flexibility index (Phi) is 4.74. The van der Waals surface area contributed by atoms with Gasteiger partial charge in [-0.2, -0.15) is 15.6 Å². The van der Waals surface area contributed by atoms with E-state index in [9.17, 15) is 5.11 Å². The molecular weight excluding hydrogens is 322 g/mol. The minimum Gasteiger partial charge on any atom is -0.505 e. The molecule has 0 amide bonds. The van der Waals surface area contributed by atoms with Crippen molar-refractivity contribution < 1.29 is 5.11 Å². The lowest BCUT2D eigenvalue weighted by molar-refractivity contribution is 0.423. The molecule has 4 heteroatoms. The Morgan fingerprint density at radius 1 is 1.08 bits per heavy atom. The van der Waals surface area contributed by atoms with E-state index in [1.54, 1.807) is 5.12 Å². The minimum absolute atomic E-state index is 0.0282. The second-order valence-electron chi connectivity index (χ2n) is 8.55. The Morgan fingerprint density at radius 3 is 2.38 bits per heavy atom. The average Bonchev–Trinajstić information content (AvgIpc) is 3.05. The molecule has 1 aliphatic carbocycles. The number of fused-ring (bicyclic) bond motifs is 1. The van der Waals surface area contributed by atoms with Crippen LogP contribution in [0.3, 0.4) is 0 Å². The Balaban J connectivity index is 2.14. The van der Waals surface area contributed by atoms with E-state index in [1.807, 2.05) is 18.2 Å². The second kappa shape index (κ2) is 6.58. The number of anilines is 1. The Labute approximate surface area is 157 Å². The molecule has 0 spiro atoms. The zero-order valence-corrected chi connectivity index (χ0v) is 16.8. The van der Waals surface area contributed by atoms with E-state index in [0.29, 0.717) is 5.75 Å². The number of allylic oxidation sites excluding steroid dienone is 2. The SMILES string of the molecule is CCC(C)(C)c1cc(N2N=C3C=CC=CC3N2)c(O)c(C(C)(C)CC)c1. The van der Waals surface area contributed by atoms with Crippen LogP contribution in [0.2, 0.25) is 0 Å². The number of nitrogens with one attached hydrogen (secondary N) is 1. The van der Waals surface area contributed by atoms with E-state index in [1.165, 1.54) is 5.56 Å². The summed E-state index contributed by atoms with van der Waals surface area (Å²) in [5.41, 5.74) is 7.19. The van der Waals surface area contributed by atoms with Crippen LogP contribution in [0, 0.1) is 0 Å². The Bertz CT molecular complexity index is 787. The molecule has 26 heavy (non-hydrogen) atoms. The van der Waals surface area contributed by atoms with Crippen molar-refractivity contribution in [3.05, 3.63) is 47.6 Å². The van der Waals surface area contributed by atoms with E-state index in [4.69, 9.17) is 0 Å². The highest BCUT2D eigenvalue weighted by Gasteiger charge is 2.32. The third-order valence-corrected chi connectivity index (χ3v) is 6.07. The van der Waals surface area contributed by atoms with E-state index in [0.717, 1.165) is 29.8 Å². The summed E-state index contributed by atoms with van der Waals surface area (Å²) >= 11 is 0. The number of phenolic OH excluding ortho intramolecular Hbond substituents is 1. The van der Waals surface area contributed by atoms with Crippen LogP contribution >= 0.6 is 0 Å². The summed E-state index contributed by atoms with van der Waals surface area (Å²) in [6.45, 7) is 13.2. The highest BCUT2D eigenvalue weighted by molar-refractivity contribution is 6.04. The molecule has 3 rings (SSSR count). The Morgan fingerprint density at radius 2 is 1.77 bits per heavy atom. The lowest BCUT2D eigenvalue weighted by Gasteiger charge is -2.32. The molecule has 2 N–H and O–H groups in total. The number of hydrogen-bond donors (Lipinski definition) is 2. The molecule has 1 aromatic carbocycles. The molecule has 2 aliphatic rings. The number of hydrazine groups is 1. The summed E-state index contributed by atoms with van der Waals surface area (Å²) in [6.07, 6.45) is 10.1. The van der Waals surface area contributed by atoms with Crippen LogP contribution < -0.4 is 10.5 Å². The molecule has 0 radical (unpaired) electrons. The highest BCUT2D eigenvalue weighted by atomic mass is 16.3. The zero-order chi connectivity index (χ0) is 19.1. The summed E-state index contributed by atoms with van der Waals surface area (Å²) in [5, 5.41) is 17.5. The summed E-state index contributed by atoms with van der Waals surface area (Å²) in [5.74, 6) is 0.316. The van der Waals surface area contributed by atoms with Gasteiger partial charge in [0.2, 0.25) is 0 Å². The average molecular weight is 354 g/mol. The summed E-state index contributed by atoms with van der Waals surface area (Å²) < 4.78 is 0. The summed E-state index contributed by atoms with van der Waals surface area (Å²) in [7, 11) is 0. The molecular formula is C22H31N3O. The third kappa shape index (κ3) is 3.18. The van der Waals surface area contributed by atoms with Gasteiger partial charge < -0.3 is 5.11 Å². The van der Waals surface area contributed by atoms with Crippen molar-refractivity contribution in [3.8, 4) is 5.75 Å². The van der Waals surface area contributed by atoms with E-state index >= 15 is 0 Å². The Hall–Kier alpha value is -2.07. The molecule has 1 aromatic rings. The minimum atomic E-state index is -0.113. The van der Waals surface area contributed by atoms with Crippen molar-refractivity contribution >= 4 is 11.4 Å². The number of hydrazone groups is 1. The van der Waals surface area contributed by atoms with Gasteiger partial charge in [0.25, 0.3) is 0 Å². The molecule has 0 aromatic heterocycles. The first-order valence-corrected chi connectivity index (χ1v) is 9.57. The number of hydrogen-bond acceptors (Lipinski definition) is 4. The van der Waals surface area contributed by atoms with Crippen molar-refractivity contribution in [2.45, 2.75) is 71.3 Å². The fraction of sp³-hybridized carbons (Fsp3) is 0.500. The van der Waals surface area contributed by atoms with Crippen LogP contribution in [-0.2, 0) is 10.8 Å². The number of benzene rings is 1. The van der Waals surface area contributed by atoms with E-state index < -0.39 is 0 Å². The summed E-state index contributed by atoms with van der Waals surface area (Å²) in [6, 6.07) is 4.32. The van der Waals surface area contributed by atoms with Crippen LogP contribution in [0.25, 0.3) is 0 Å². The van der Waals surface area contributed by atoms with Crippen molar-refractivity contribution in [3.63, 3.8) is 0 Å². The van der Waals surface area contributed by atoms with Crippen molar-refractivity contribution in [1.82, 2.24) is 5.43 Å². The lowest BCUT2D eigenvalue weighted by atomic mass is 9.76. The molecule has 4 nitrogen and oxygen atoms in total. The second-order valence-corrected chi connectivity index (χ2v) is 8.55. The number of rotatable bonds is 5. The standard InChI is InChI=1S/C22H31N3O/c1-7-21(3,4)15-13-16(22(5,6)8-2)20(26)19(14-15)25-23-17-11-9-10-12-18(17)24-25/h9-14,17,23,26H,7-8H2,1-6H3. The first-order valence-electron chi connectivity index (χ1n) is 9.57. The maximum atomic E-state index is 11.1. The molecule has 0 fully saturated rings. The van der Waals surface area contributed by atoms with Crippen LogP contribution in [0.1, 0.15) is 65.5 Å². The van der Waals surface area contributed by atoms with Crippen molar-refractivity contribution in [2.75, 3.05) is 5.12 Å². The highest BCUT2D eigenvalue weighted by Crippen LogP contribution is 2.44. The lowest BCUT2D eigenvalue weighted by Crippen LogP contribution is -2.37. The molecule has 1 atom stereocenters. The van der Waals surface area contributed by atoms with Gasteiger partial charge in [0.1, 0.15) is 11.4 Å². The molecule has 1 aliphatic heterocycles. The van der Waals surface area contributed by atoms with Crippen LogP contribution in [0.4, 0.5) is 5.69 Å². The van der Waals surface area contributed by atoms with Gasteiger partial charge in [-0.3, -0.25) is 0 Å². The van der Waals surface area contributed by atoms with Gasteiger partial charge in [0, 0.05) is 5.56 Å². The predicted molar refractivity (Wildman–Crippen MR) is 110 cm³/mol. The van der Waals surface area contributed by atoms with Crippen molar-refractivity contribution in [1.29, 1.82) is 0 Å². The van der Waals surface area contributed by atoms with Gasteiger partial charge >= 0.3 is 0 Å². The predicted octanol–water partition coefficient (Wildman–Crippen LogP) is 4.94. The summed E-state index contributed by atoms with van der Waals surface area (Å²) in [4.78, 5) is 0. The molecule has 1 heterocycles. The normalized spacial score (nSPS) is 19.7. The molecule has 1 unspecified atom stereocenters. The monoisotopic (exact) mass is 353 g/mol. The van der Waals surface area contributed by atoms with Crippen LogP contribution in [0.5, 0.6) is 5.75 Å². The fourth-order valence-electron chi connectivity index (χ4n) is 3.22. The van der Waals surface area contributed by atoms with Crippen LogP contribution in [0.15, 0.2) is 41.5 Å². The first-order chi connectivity index (χ1) is 12.2. The van der Waals surface area contributed by atoms with Gasteiger partial charge in [0.15, 0.2) is 0 Å². The smallest absolute Gasteiger partial charge is 0.146 e. The molecule has 0 bridgehead atoms. The van der Waals surface area contributed by atoms with Gasteiger partial charge in [-0.1, -0.05) is 65.8 Å². The molecule has 0 saturated heterocycles. The van der Waals surface area contributed by atoms with Gasteiger partial charge in [-0.05, 0) is 41.4 Å². The number of aromatic hydroxyl groups is 1. The first kappa shape index (κ1) is 18.7. The quantitative estimate of drug-likeness (QED) is 0.788. The van der Waals surface area contributed by atoms with Crippen LogP contribution in [-0.4, -0.2) is 16.9 Å². The maximum Gasteiger partial charge on any atom is 0.146 e. The molecule has 0 saturated carbocycles. The third-order valence-electron chi connectivity index (χ3n) is 6.07. The van der Waals surface area contributed by atoms with Gasteiger partial charge in [-0.15, -0.1) is 0 Å². The van der Waals surface area contributed by atoms with Gasteiger partial charge in [0.05, 0.1) is 11.8 Å². The zero-order valence-electron chi connectivity index (χ0n) is 16.8. The van der Waals surface area contributed by atoms with Crippen molar-refractivity contribution in [2.24, 2.45) is 5.10 Å². The maximum absolute atomic E-state index is 11.1. The number of nitrogens with zero attached hydrogens (tertiary/aromatic N) is 2.